The van der Waals surface area contributed by atoms with Gasteiger partial charge in [0.2, 0.25) is 5.91 Å². The molecule has 41 heavy (non-hydrogen) atoms. The van der Waals surface area contributed by atoms with Crippen molar-refractivity contribution in [3.05, 3.63) is 0 Å². The number of morpholine rings is 1. The van der Waals surface area contributed by atoms with Crippen LogP contribution in [-0.4, -0.2) is 117 Å². The Labute approximate surface area is 240 Å². The van der Waals surface area contributed by atoms with Crippen LogP contribution in [0.1, 0.15) is 60.3 Å². The molecule has 2 heterocycles. The topological polar surface area (TPSA) is 165 Å². The highest BCUT2D eigenvalue weighted by atomic mass is 16.7. The molecule has 0 radical (unpaired) electrons. The summed E-state index contributed by atoms with van der Waals surface area (Å²) in [5, 5.41) is 2.88. The van der Waals surface area contributed by atoms with E-state index in [1.807, 2.05) is 11.8 Å². The number of hydrogen-bond acceptors (Lipinski definition) is 13. The first-order chi connectivity index (χ1) is 19.4. The zero-order chi connectivity index (χ0) is 30.6. The van der Waals surface area contributed by atoms with Crippen molar-refractivity contribution in [2.75, 3.05) is 46.6 Å². The number of hydrogen-bond donors (Lipinski definition) is 1. The van der Waals surface area contributed by atoms with Gasteiger partial charge in [0.15, 0.2) is 12.2 Å². The van der Waals surface area contributed by atoms with Crippen LogP contribution in [0.3, 0.4) is 0 Å². The van der Waals surface area contributed by atoms with Gasteiger partial charge in [0, 0.05) is 53.2 Å². The second-order valence-corrected chi connectivity index (χ2v) is 10.1. The van der Waals surface area contributed by atoms with Crippen molar-refractivity contribution < 1.29 is 57.1 Å². The molecule has 2 aliphatic heterocycles. The lowest BCUT2D eigenvalue weighted by atomic mass is 9.85. The number of methoxy groups -OCH3 is 1. The number of amides is 1. The Bertz CT molecular complexity index is 909. The van der Waals surface area contributed by atoms with Crippen molar-refractivity contribution in [2.45, 2.75) is 96.5 Å². The smallest absolute Gasteiger partial charge is 0.366 e. The summed E-state index contributed by atoms with van der Waals surface area (Å²) in [6.07, 6.45) is -1.73. The molecule has 14 nitrogen and oxygen atoms in total. The second kappa shape index (κ2) is 16.6. The van der Waals surface area contributed by atoms with Crippen molar-refractivity contribution in [1.29, 1.82) is 0 Å². The predicted molar refractivity (Wildman–Crippen MR) is 141 cm³/mol. The average Bonchev–Trinajstić information content (AvgIpc) is 2.92. The quantitative estimate of drug-likeness (QED) is 0.169. The van der Waals surface area contributed by atoms with Gasteiger partial charge in [-0.2, -0.15) is 0 Å². The molecule has 2 fully saturated rings. The number of carbonyl (C=O) groups is 5. The SMILES string of the molecule is CCCCCO[C@]1(C(=O)OC)C[C@H](N2CCOCC2)[C@@H](NC(C)=O)[C@H]([C@H](OC(C)=O)[C@@H](COC(C)=O)OC(C)=O)O1. The maximum atomic E-state index is 13.4. The van der Waals surface area contributed by atoms with Gasteiger partial charge in [-0.15, -0.1) is 0 Å². The molecule has 0 saturated carbocycles. The molecule has 0 aliphatic carbocycles. The Balaban J connectivity index is 2.69. The Kier molecular flexibility index (Phi) is 13.9. The van der Waals surface area contributed by atoms with Crippen molar-refractivity contribution >= 4 is 29.8 Å². The largest absolute Gasteiger partial charge is 0.465 e. The fourth-order valence-electron chi connectivity index (χ4n) is 5.09. The lowest BCUT2D eigenvalue weighted by Crippen LogP contribution is -2.72. The lowest BCUT2D eigenvalue weighted by molar-refractivity contribution is -0.310. The minimum absolute atomic E-state index is 0.0256. The zero-order valence-corrected chi connectivity index (χ0v) is 24.8. The van der Waals surface area contributed by atoms with Gasteiger partial charge in [-0.3, -0.25) is 24.1 Å². The fraction of sp³-hybridized carbons (Fsp3) is 0.815. The molecule has 2 saturated heterocycles. The molecular formula is C27H44N2O12. The number of carbonyl (C=O) groups excluding carboxylic acids is 5. The minimum Gasteiger partial charge on any atom is -0.465 e. The maximum absolute atomic E-state index is 13.4. The first-order valence-corrected chi connectivity index (χ1v) is 13.9. The van der Waals surface area contributed by atoms with Crippen LogP contribution in [0, 0.1) is 0 Å². The van der Waals surface area contributed by atoms with E-state index in [1.54, 1.807) is 0 Å². The number of ether oxygens (including phenoxy) is 7. The van der Waals surface area contributed by atoms with Crippen LogP contribution in [0.2, 0.25) is 0 Å². The molecule has 0 unspecified atom stereocenters. The van der Waals surface area contributed by atoms with Crippen LogP contribution in [0.4, 0.5) is 0 Å². The van der Waals surface area contributed by atoms with Gasteiger partial charge in [0.25, 0.3) is 5.79 Å². The first kappa shape index (κ1) is 34.4. The van der Waals surface area contributed by atoms with Crippen LogP contribution in [0.5, 0.6) is 0 Å². The highest BCUT2D eigenvalue weighted by Crippen LogP contribution is 2.38. The Morgan fingerprint density at radius 2 is 1.63 bits per heavy atom. The van der Waals surface area contributed by atoms with Gasteiger partial charge in [-0.05, 0) is 6.42 Å². The summed E-state index contributed by atoms with van der Waals surface area (Å²) < 4.78 is 39.4. The van der Waals surface area contributed by atoms with E-state index >= 15 is 0 Å². The monoisotopic (exact) mass is 588 g/mol. The molecule has 0 bridgehead atoms. The minimum atomic E-state index is -1.95. The van der Waals surface area contributed by atoms with Crippen molar-refractivity contribution in [3.8, 4) is 0 Å². The molecule has 0 aromatic carbocycles. The van der Waals surface area contributed by atoms with Crippen molar-refractivity contribution in [2.24, 2.45) is 0 Å². The molecule has 14 heteroatoms. The molecule has 1 N–H and O–H groups in total. The highest BCUT2D eigenvalue weighted by Gasteiger charge is 2.59. The molecule has 6 atom stereocenters. The third-order valence-electron chi connectivity index (χ3n) is 6.80. The van der Waals surface area contributed by atoms with E-state index < -0.39 is 72.6 Å². The summed E-state index contributed by atoms with van der Waals surface area (Å²) in [4.78, 5) is 64.1. The molecule has 0 spiro atoms. The van der Waals surface area contributed by atoms with Gasteiger partial charge >= 0.3 is 23.9 Å². The Morgan fingerprint density at radius 3 is 2.17 bits per heavy atom. The Hall–Kier alpha value is -2.81. The van der Waals surface area contributed by atoms with Crippen LogP contribution < -0.4 is 5.32 Å². The molecule has 2 aliphatic rings. The first-order valence-electron chi connectivity index (χ1n) is 13.9. The number of nitrogens with one attached hydrogen (secondary N) is 1. The van der Waals surface area contributed by atoms with Gasteiger partial charge < -0.3 is 38.5 Å². The van der Waals surface area contributed by atoms with Gasteiger partial charge in [0.05, 0.1) is 33.0 Å². The molecule has 234 valence electrons. The second-order valence-electron chi connectivity index (χ2n) is 10.1. The van der Waals surface area contributed by atoms with E-state index in [2.05, 4.69) is 5.32 Å². The summed E-state index contributed by atoms with van der Waals surface area (Å²) in [7, 11) is 1.20. The van der Waals surface area contributed by atoms with E-state index in [-0.39, 0.29) is 13.0 Å². The normalized spacial score (nSPS) is 26.2. The van der Waals surface area contributed by atoms with Crippen LogP contribution in [0.25, 0.3) is 0 Å². The van der Waals surface area contributed by atoms with E-state index in [0.29, 0.717) is 32.7 Å². The van der Waals surface area contributed by atoms with Crippen molar-refractivity contribution in [3.63, 3.8) is 0 Å². The Morgan fingerprint density at radius 1 is 0.976 bits per heavy atom. The van der Waals surface area contributed by atoms with Gasteiger partial charge in [-0.25, -0.2) is 4.79 Å². The van der Waals surface area contributed by atoms with Gasteiger partial charge in [0.1, 0.15) is 12.7 Å². The third-order valence-corrected chi connectivity index (χ3v) is 6.80. The predicted octanol–water partition coefficient (Wildman–Crippen LogP) is 0.483. The summed E-state index contributed by atoms with van der Waals surface area (Å²) in [6, 6.07) is -1.47. The fourth-order valence-corrected chi connectivity index (χ4v) is 5.09. The average molecular weight is 589 g/mol. The molecule has 0 aromatic rings. The summed E-state index contributed by atoms with van der Waals surface area (Å²) >= 11 is 0. The van der Waals surface area contributed by atoms with Crippen molar-refractivity contribution in [1.82, 2.24) is 10.2 Å². The zero-order valence-electron chi connectivity index (χ0n) is 24.8. The number of rotatable bonds is 14. The molecule has 0 aromatic heterocycles. The van der Waals surface area contributed by atoms with Crippen LogP contribution in [-0.2, 0) is 57.1 Å². The summed E-state index contributed by atoms with van der Waals surface area (Å²) in [5.74, 6) is -5.36. The summed E-state index contributed by atoms with van der Waals surface area (Å²) in [6.45, 7) is 8.25. The van der Waals surface area contributed by atoms with E-state index in [4.69, 9.17) is 33.2 Å². The molecule has 1 amide bonds. The number of esters is 4. The number of unbranched alkanes of at least 4 members (excludes halogenated alkanes) is 2. The standard InChI is InChI=1S/C27H44N2O12/c1-7-8-9-12-38-27(26(34)35-6)15-21(29-10-13-36-14-11-29)23(28-17(2)30)25(41-27)24(40-20(5)33)22(39-19(4)32)16-37-18(3)31/h21-25H,7-16H2,1-6H3,(H,28,30)/t21-,22+,23+,24+,25+,27+/m0/s1. The third kappa shape index (κ3) is 10.2. The maximum Gasteiger partial charge on any atom is 0.366 e. The number of nitrogens with zero attached hydrogens (tertiary/aromatic N) is 1. The summed E-state index contributed by atoms with van der Waals surface area (Å²) in [5.41, 5.74) is 0. The van der Waals surface area contributed by atoms with Crippen LogP contribution >= 0.6 is 0 Å². The van der Waals surface area contributed by atoms with Crippen LogP contribution in [0.15, 0.2) is 0 Å². The van der Waals surface area contributed by atoms with E-state index in [0.717, 1.165) is 26.7 Å². The highest BCUT2D eigenvalue weighted by molar-refractivity contribution is 5.78. The van der Waals surface area contributed by atoms with E-state index in [9.17, 15) is 24.0 Å². The van der Waals surface area contributed by atoms with Gasteiger partial charge in [-0.1, -0.05) is 19.8 Å². The van der Waals surface area contributed by atoms with E-state index in [1.165, 1.54) is 21.0 Å². The molecule has 2 rings (SSSR count). The molecular weight excluding hydrogens is 544 g/mol. The lowest BCUT2D eigenvalue weighted by Gasteiger charge is -2.52.